The fourth-order valence-corrected chi connectivity index (χ4v) is 4.44. The lowest BCUT2D eigenvalue weighted by molar-refractivity contribution is -0.143. The minimum absolute atomic E-state index is 0.0379. The molecule has 3 heterocycles. The van der Waals surface area contributed by atoms with E-state index in [2.05, 4.69) is 15.3 Å². The van der Waals surface area contributed by atoms with Gasteiger partial charge in [0.1, 0.15) is 5.82 Å². The van der Waals surface area contributed by atoms with Gasteiger partial charge in [-0.3, -0.25) is 9.59 Å². The van der Waals surface area contributed by atoms with Gasteiger partial charge in [0.2, 0.25) is 5.91 Å². The van der Waals surface area contributed by atoms with Crippen molar-refractivity contribution in [3.8, 4) is 0 Å². The number of amides is 1. The molecule has 3 N–H and O–H groups in total. The highest BCUT2D eigenvalue weighted by molar-refractivity contribution is 7.16. The average Bonchev–Trinajstić information content (AvgIpc) is 3.07. The number of H-pyrrole nitrogens is 1. The molecule has 12 heteroatoms. The summed E-state index contributed by atoms with van der Waals surface area (Å²) in [5.41, 5.74) is -1.78. The topological polar surface area (TPSA) is 98.3 Å². The predicted molar refractivity (Wildman–Crippen MR) is 111 cm³/mol. The number of thiazole rings is 1. The lowest BCUT2D eigenvalue weighted by Crippen LogP contribution is -2.46. The van der Waals surface area contributed by atoms with Gasteiger partial charge in [0, 0.05) is 18.8 Å². The first kappa shape index (κ1) is 22.2. The highest BCUT2D eigenvalue weighted by Gasteiger charge is 2.38. The van der Waals surface area contributed by atoms with E-state index in [1.807, 2.05) is 0 Å². The number of hydrogen-bond acceptors (Lipinski definition) is 6. The smallest absolute Gasteiger partial charge is 0.389 e. The van der Waals surface area contributed by atoms with Crippen molar-refractivity contribution in [1.82, 2.24) is 9.97 Å². The molecule has 32 heavy (non-hydrogen) atoms. The van der Waals surface area contributed by atoms with Gasteiger partial charge in [-0.1, -0.05) is 11.3 Å². The Morgan fingerprint density at radius 3 is 2.66 bits per heavy atom. The summed E-state index contributed by atoms with van der Waals surface area (Å²) >= 11 is 1.01. The molecule has 1 amide bonds. The Balaban J connectivity index is 1.38. The lowest BCUT2D eigenvalue weighted by atomic mass is 9.88. The number of hydrogen-bond donors (Lipinski definition) is 3. The molecule has 4 rings (SSSR count). The zero-order valence-electron chi connectivity index (χ0n) is 16.5. The van der Waals surface area contributed by atoms with Crippen molar-refractivity contribution in [1.29, 1.82) is 0 Å². The van der Waals surface area contributed by atoms with E-state index >= 15 is 0 Å². The van der Waals surface area contributed by atoms with Crippen LogP contribution in [0.5, 0.6) is 0 Å². The molecule has 3 aromatic rings. The minimum Gasteiger partial charge on any atom is -0.389 e. The molecule has 0 unspecified atom stereocenters. The zero-order chi connectivity index (χ0) is 23.1. The Morgan fingerprint density at radius 2 is 1.97 bits per heavy atom. The predicted octanol–water partition coefficient (Wildman–Crippen LogP) is 3.50. The van der Waals surface area contributed by atoms with Crippen LogP contribution in [0.2, 0.25) is 0 Å². The van der Waals surface area contributed by atoms with Gasteiger partial charge in [0.15, 0.2) is 11.5 Å². The summed E-state index contributed by atoms with van der Waals surface area (Å²) in [5.74, 6) is -1.91. The molecular formula is C20H18F4N4O3S. The molecule has 170 valence electrons. The SMILES string of the molecule is O=C(CC1(O)CCN(c2ccc(F)c(C(F)(F)F)n2)CC1)Nc1ccc2[nH]c(=O)sc2c1. The third-order valence-corrected chi connectivity index (χ3v) is 6.16. The van der Waals surface area contributed by atoms with E-state index in [0.717, 1.165) is 23.5 Å². The normalized spacial score (nSPS) is 16.3. The number of aromatic nitrogens is 2. The summed E-state index contributed by atoms with van der Waals surface area (Å²) in [6.07, 6.45) is -4.86. The maximum atomic E-state index is 13.5. The maximum Gasteiger partial charge on any atom is 0.436 e. The molecule has 1 fully saturated rings. The molecule has 0 radical (unpaired) electrons. The van der Waals surface area contributed by atoms with E-state index in [9.17, 15) is 32.3 Å². The summed E-state index contributed by atoms with van der Waals surface area (Å²) in [7, 11) is 0. The van der Waals surface area contributed by atoms with Crippen LogP contribution in [0.3, 0.4) is 0 Å². The Hall–Kier alpha value is -2.99. The fourth-order valence-electron chi connectivity index (χ4n) is 3.66. The molecular weight excluding hydrogens is 452 g/mol. The number of piperidine rings is 1. The largest absolute Gasteiger partial charge is 0.436 e. The molecule has 0 bridgehead atoms. The van der Waals surface area contributed by atoms with Gasteiger partial charge in [0.05, 0.1) is 22.2 Å². The number of pyridine rings is 1. The van der Waals surface area contributed by atoms with Crippen molar-refractivity contribution in [2.45, 2.75) is 31.0 Å². The van der Waals surface area contributed by atoms with Gasteiger partial charge < -0.3 is 20.3 Å². The molecule has 0 saturated carbocycles. The van der Waals surface area contributed by atoms with Crippen molar-refractivity contribution in [3.05, 3.63) is 51.5 Å². The number of rotatable bonds is 4. The Bertz CT molecular complexity index is 1220. The van der Waals surface area contributed by atoms with Crippen LogP contribution < -0.4 is 15.1 Å². The first-order valence-corrected chi connectivity index (χ1v) is 10.5. The monoisotopic (exact) mass is 470 g/mol. The van der Waals surface area contributed by atoms with Crippen molar-refractivity contribution >= 4 is 39.0 Å². The number of carbonyl (C=O) groups excluding carboxylic acids is 1. The van der Waals surface area contributed by atoms with Gasteiger partial charge in [-0.2, -0.15) is 13.2 Å². The standard InChI is InChI=1S/C20H18F4N4O3S/c21-12-2-4-15(27-17(12)20(22,23)24)28-7-5-19(31,6-8-28)10-16(29)25-11-1-3-13-14(9-11)32-18(30)26-13/h1-4,9,31H,5-8,10H2,(H,25,29)(H,26,30). The second-order valence-corrected chi connectivity index (χ2v) is 8.67. The van der Waals surface area contributed by atoms with Gasteiger partial charge in [0.25, 0.3) is 0 Å². The first-order chi connectivity index (χ1) is 15.0. The Morgan fingerprint density at radius 1 is 1.25 bits per heavy atom. The van der Waals surface area contributed by atoms with Crippen LogP contribution >= 0.6 is 11.3 Å². The number of alkyl halides is 3. The third kappa shape index (κ3) is 4.75. The van der Waals surface area contributed by atoms with Crippen LogP contribution in [0.4, 0.5) is 29.1 Å². The highest BCUT2D eigenvalue weighted by atomic mass is 32.1. The van der Waals surface area contributed by atoms with Crippen LogP contribution in [-0.2, 0) is 11.0 Å². The van der Waals surface area contributed by atoms with Gasteiger partial charge >= 0.3 is 11.0 Å². The number of halogens is 4. The molecule has 0 aliphatic carbocycles. The van der Waals surface area contributed by atoms with E-state index < -0.39 is 29.2 Å². The highest BCUT2D eigenvalue weighted by Crippen LogP contribution is 2.33. The Kier molecular flexibility index (Phi) is 5.67. The second kappa shape index (κ2) is 8.17. The number of nitrogens with one attached hydrogen (secondary N) is 2. The van der Waals surface area contributed by atoms with Crippen molar-refractivity contribution in [2.75, 3.05) is 23.3 Å². The number of fused-ring (bicyclic) bond motifs is 1. The molecule has 1 aliphatic heterocycles. The number of aromatic amines is 1. The van der Waals surface area contributed by atoms with Crippen molar-refractivity contribution in [3.63, 3.8) is 0 Å². The van der Waals surface area contributed by atoms with E-state index in [0.29, 0.717) is 15.9 Å². The van der Waals surface area contributed by atoms with Gasteiger partial charge in [-0.15, -0.1) is 0 Å². The minimum atomic E-state index is -4.91. The summed E-state index contributed by atoms with van der Waals surface area (Å²) < 4.78 is 52.9. The molecule has 7 nitrogen and oxygen atoms in total. The van der Waals surface area contributed by atoms with Gasteiger partial charge in [-0.25, -0.2) is 9.37 Å². The molecule has 1 aliphatic rings. The number of anilines is 2. The molecule has 1 saturated heterocycles. The molecule has 1 aromatic carbocycles. The third-order valence-electron chi connectivity index (χ3n) is 5.31. The van der Waals surface area contributed by atoms with Crippen molar-refractivity contribution < 1.29 is 27.5 Å². The lowest BCUT2D eigenvalue weighted by Gasteiger charge is -2.38. The van der Waals surface area contributed by atoms with E-state index in [4.69, 9.17) is 0 Å². The molecule has 2 aromatic heterocycles. The van der Waals surface area contributed by atoms with Crippen LogP contribution in [-0.4, -0.2) is 39.7 Å². The zero-order valence-corrected chi connectivity index (χ0v) is 17.3. The molecule has 0 spiro atoms. The van der Waals surface area contributed by atoms with Crippen LogP contribution in [0.15, 0.2) is 35.1 Å². The van der Waals surface area contributed by atoms with E-state index in [1.165, 1.54) is 4.90 Å². The van der Waals surface area contributed by atoms with Gasteiger partial charge in [-0.05, 0) is 43.2 Å². The summed E-state index contributed by atoms with van der Waals surface area (Å²) in [6, 6.07) is 6.83. The fraction of sp³-hybridized carbons (Fsp3) is 0.350. The number of carbonyl (C=O) groups is 1. The van der Waals surface area contributed by atoms with Crippen molar-refractivity contribution in [2.24, 2.45) is 0 Å². The van der Waals surface area contributed by atoms with Crippen LogP contribution in [0.1, 0.15) is 25.0 Å². The first-order valence-electron chi connectivity index (χ1n) is 9.66. The van der Waals surface area contributed by atoms with Crippen LogP contribution in [0, 0.1) is 5.82 Å². The van der Waals surface area contributed by atoms with Crippen LogP contribution in [0.25, 0.3) is 10.2 Å². The number of benzene rings is 1. The van der Waals surface area contributed by atoms with E-state index in [1.54, 1.807) is 18.2 Å². The summed E-state index contributed by atoms with van der Waals surface area (Å²) in [5, 5.41) is 13.5. The summed E-state index contributed by atoms with van der Waals surface area (Å²) in [4.78, 5) is 31.2. The van der Waals surface area contributed by atoms with E-state index in [-0.39, 0.29) is 43.0 Å². The second-order valence-electron chi connectivity index (χ2n) is 7.66. The average molecular weight is 470 g/mol. The number of nitrogens with zero attached hydrogens (tertiary/aromatic N) is 2. The number of aliphatic hydroxyl groups is 1. The molecule has 0 atom stereocenters. The summed E-state index contributed by atoms with van der Waals surface area (Å²) in [6.45, 7) is 0.311. The maximum absolute atomic E-state index is 13.5. The Labute approximate surface area is 182 Å². The quantitative estimate of drug-likeness (QED) is 0.507.